The van der Waals surface area contributed by atoms with Crippen LogP contribution in [0.5, 0.6) is 5.75 Å². The van der Waals surface area contributed by atoms with Gasteiger partial charge in [-0.2, -0.15) is 0 Å². The Morgan fingerprint density at radius 2 is 2.00 bits per heavy atom. The number of rotatable bonds is 11. The zero-order chi connectivity index (χ0) is 25.7. The van der Waals surface area contributed by atoms with Crippen LogP contribution >= 0.6 is 0 Å². The van der Waals surface area contributed by atoms with Gasteiger partial charge < -0.3 is 14.5 Å². The Kier molecular flexibility index (Phi) is 8.68. The van der Waals surface area contributed by atoms with E-state index in [1.165, 1.54) is 6.42 Å². The number of ether oxygens (including phenoxy) is 1. The van der Waals surface area contributed by atoms with E-state index in [1.54, 1.807) is 7.11 Å². The van der Waals surface area contributed by atoms with Gasteiger partial charge in [-0.1, -0.05) is 39.3 Å². The van der Waals surface area contributed by atoms with Crippen molar-refractivity contribution in [3.05, 3.63) is 52.8 Å². The van der Waals surface area contributed by atoms with Gasteiger partial charge in [-0.05, 0) is 74.5 Å². The Hall–Kier alpha value is -2.86. The van der Waals surface area contributed by atoms with Gasteiger partial charge >= 0.3 is 0 Å². The third-order valence-electron chi connectivity index (χ3n) is 7.41. The van der Waals surface area contributed by atoms with Gasteiger partial charge in [0, 0.05) is 32.4 Å². The van der Waals surface area contributed by atoms with Crippen molar-refractivity contribution < 1.29 is 4.74 Å². The minimum Gasteiger partial charge on any atom is -0.496 e. The molecule has 0 spiro atoms. The Labute approximate surface area is 215 Å². The lowest BCUT2D eigenvalue weighted by Gasteiger charge is -2.21. The molecular weight excluding hydrogens is 448 g/mol. The maximum absolute atomic E-state index is 14.0. The van der Waals surface area contributed by atoms with Crippen molar-refractivity contribution in [1.82, 2.24) is 14.5 Å². The topological polar surface area (TPSA) is 50.6 Å². The molecule has 36 heavy (non-hydrogen) atoms. The van der Waals surface area contributed by atoms with E-state index in [4.69, 9.17) is 9.72 Å². The molecular formula is C30H42N4O2. The molecule has 2 heterocycles. The number of aromatic nitrogens is 2. The molecule has 0 bridgehead atoms. The summed E-state index contributed by atoms with van der Waals surface area (Å²) in [4.78, 5) is 23.9. The number of nitrogens with zero attached hydrogens (tertiary/aromatic N) is 4. The van der Waals surface area contributed by atoms with Crippen molar-refractivity contribution in [1.29, 1.82) is 0 Å². The SMILES string of the molecule is CCCCN(C)c1ccc2nc(-c3ccccc3OC)n(CC3CCN(CCC(C)C)C3)c(=O)c2c1. The van der Waals surface area contributed by atoms with Gasteiger partial charge in [0.2, 0.25) is 0 Å². The highest BCUT2D eigenvalue weighted by molar-refractivity contribution is 5.84. The van der Waals surface area contributed by atoms with Crippen LogP contribution in [0.1, 0.15) is 46.5 Å². The number of para-hydroxylation sites is 1. The molecule has 6 nitrogen and oxygen atoms in total. The Bertz CT molecular complexity index is 1220. The predicted molar refractivity (Wildman–Crippen MR) is 150 cm³/mol. The molecule has 1 aliphatic heterocycles. The predicted octanol–water partition coefficient (Wildman–Crippen LogP) is 5.68. The number of likely N-dealkylation sites (tertiary alicyclic amines) is 1. The van der Waals surface area contributed by atoms with Crippen LogP contribution in [0.15, 0.2) is 47.3 Å². The van der Waals surface area contributed by atoms with Crippen LogP contribution in [0.4, 0.5) is 5.69 Å². The average molecular weight is 491 g/mol. The average Bonchev–Trinajstić information content (AvgIpc) is 3.34. The first-order chi connectivity index (χ1) is 17.4. The zero-order valence-electron chi connectivity index (χ0n) is 22.7. The first-order valence-corrected chi connectivity index (χ1v) is 13.5. The second-order valence-corrected chi connectivity index (χ2v) is 10.7. The molecule has 0 saturated carbocycles. The summed E-state index contributed by atoms with van der Waals surface area (Å²) < 4.78 is 7.58. The van der Waals surface area contributed by atoms with E-state index in [0.717, 1.165) is 68.0 Å². The van der Waals surface area contributed by atoms with E-state index in [0.29, 0.717) is 29.6 Å². The van der Waals surface area contributed by atoms with Gasteiger partial charge in [-0.3, -0.25) is 9.36 Å². The molecule has 0 radical (unpaired) electrons. The van der Waals surface area contributed by atoms with Crippen LogP contribution in [0, 0.1) is 11.8 Å². The number of unbranched alkanes of at least 4 members (excludes halogenated alkanes) is 1. The normalized spacial score (nSPS) is 16.2. The van der Waals surface area contributed by atoms with Gasteiger partial charge in [-0.25, -0.2) is 4.98 Å². The highest BCUT2D eigenvalue weighted by Crippen LogP contribution is 2.30. The highest BCUT2D eigenvalue weighted by atomic mass is 16.5. The second-order valence-electron chi connectivity index (χ2n) is 10.7. The smallest absolute Gasteiger partial charge is 0.261 e. The van der Waals surface area contributed by atoms with Crippen molar-refractivity contribution in [2.75, 3.05) is 45.2 Å². The van der Waals surface area contributed by atoms with Crippen LogP contribution in [-0.2, 0) is 6.54 Å². The third-order valence-corrected chi connectivity index (χ3v) is 7.41. The molecule has 1 aliphatic rings. The quantitative estimate of drug-likeness (QED) is 0.346. The summed E-state index contributed by atoms with van der Waals surface area (Å²) in [5.74, 6) is 2.56. The van der Waals surface area contributed by atoms with E-state index in [9.17, 15) is 4.79 Å². The van der Waals surface area contributed by atoms with Crippen LogP contribution in [-0.4, -0.2) is 54.8 Å². The summed E-state index contributed by atoms with van der Waals surface area (Å²) in [5, 5.41) is 0.684. The first kappa shape index (κ1) is 26.2. The van der Waals surface area contributed by atoms with E-state index < -0.39 is 0 Å². The molecule has 3 aromatic rings. The fourth-order valence-corrected chi connectivity index (χ4v) is 5.14. The van der Waals surface area contributed by atoms with Crippen molar-refractivity contribution in [2.24, 2.45) is 11.8 Å². The number of fused-ring (bicyclic) bond motifs is 1. The standard InChI is InChI=1S/C30H42N4O2/c1-6-7-16-32(4)24-12-13-27-26(19-24)30(35)34(21-23-15-18-33(20-23)17-14-22(2)3)29(31-27)25-10-8-9-11-28(25)36-5/h8-13,19,22-23H,6-7,14-18,20-21H2,1-5H3. The largest absolute Gasteiger partial charge is 0.496 e. The zero-order valence-corrected chi connectivity index (χ0v) is 22.7. The molecule has 4 rings (SSSR count). The molecule has 1 fully saturated rings. The van der Waals surface area contributed by atoms with Crippen molar-refractivity contribution in [3.63, 3.8) is 0 Å². The fourth-order valence-electron chi connectivity index (χ4n) is 5.14. The molecule has 1 aromatic heterocycles. The molecule has 6 heteroatoms. The first-order valence-electron chi connectivity index (χ1n) is 13.5. The van der Waals surface area contributed by atoms with Crippen LogP contribution in [0.2, 0.25) is 0 Å². The molecule has 1 atom stereocenters. The lowest BCUT2D eigenvalue weighted by molar-refractivity contribution is 0.296. The number of hydrogen-bond donors (Lipinski definition) is 0. The van der Waals surface area contributed by atoms with Crippen molar-refractivity contribution in [2.45, 2.75) is 53.0 Å². The van der Waals surface area contributed by atoms with Gasteiger partial charge in [0.15, 0.2) is 0 Å². The van der Waals surface area contributed by atoms with E-state index in [1.807, 2.05) is 41.0 Å². The summed E-state index contributed by atoms with van der Waals surface area (Å²) in [6, 6.07) is 13.9. The number of hydrogen-bond acceptors (Lipinski definition) is 5. The maximum Gasteiger partial charge on any atom is 0.261 e. The highest BCUT2D eigenvalue weighted by Gasteiger charge is 2.25. The summed E-state index contributed by atoms with van der Waals surface area (Å²) in [6.07, 6.45) is 4.58. The van der Waals surface area contributed by atoms with Gasteiger partial charge in [-0.15, -0.1) is 0 Å². The van der Waals surface area contributed by atoms with E-state index in [-0.39, 0.29) is 5.56 Å². The molecule has 0 N–H and O–H groups in total. The number of benzene rings is 2. The monoisotopic (exact) mass is 490 g/mol. The molecule has 2 aromatic carbocycles. The van der Waals surface area contributed by atoms with Gasteiger partial charge in [0.25, 0.3) is 5.56 Å². The molecule has 1 unspecified atom stereocenters. The van der Waals surface area contributed by atoms with Crippen LogP contribution in [0.3, 0.4) is 0 Å². The number of anilines is 1. The van der Waals surface area contributed by atoms with Gasteiger partial charge in [0.05, 0.1) is 23.6 Å². The summed E-state index contributed by atoms with van der Waals surface area (Å²) >= 11 is 0. The lowest BCUT2D eigenvalue weighted by atomic mass is 10.1. The van der Waals surface area contributed by atoms with Crippen LogP contribution < -0.4 is 15.2 Å². The van der Waals surface area contributed by atoms with Crippen molar-refractivity contribution in [3.8, 4) is 17.1 Å². The summed E-state index contributed by atoms with van der Waals surface area (Å²) in [6.45, 7) is 11.7. The molecule has 1 saturated heterocycles. The Morgan fingerprint density at radius 1 is 1.19 bits per heavy atom. The molecule has 0 aliphatic carbocycles. The maximum atomic E-state index is 14.0. The van der Waals surface area contributed by atoms with Gasteiger partial charge in [0.1, 0.15) is 11.6 Å². The fraction of sp³-hybridized carbons (Fsp3) is 0.533. The van der Waals surface area contributed by atoms with Crippen molar-refractivity contribution >= 4 is 16.6 Å². The second kappa shape index (κ2) is 11.9. The molecule has 194 valence electrons. The van der Waals surface area contributed by atoms with E-state index in [2.05, 4.69) is 43.7 Å². The summed E-state index contributed by atoms with van der Waals surface area (Å²) in [5.41, 5.74) is 2.69. The number of methoxy groups -OCH3 is 1. The Morgan fingerprint density at radius 3 is 2.75 bits per heavy atom. The lowest BCUT2D eigenvalue weighted by Crippen LogP contribution is -2.29. The van der Waals surface area contributed by atoms with E-state index >= 15 is 0 Å². The summed E-state index contributed by atoms with van der Waals surface area (Å²) in [7, 11) is 3.76. The van der Waals surface area contributed by atoms with Crippen LogP contribution in [0.25, 0.3) is 22.3 Å². The molecule has 0 amide bonds. The minimum atomic E-state index is 0.0345. The Balaban J connectivity index is 1.74. The minimum absolute atomic E-state index is 0.0345. The third kappa shape index (κ3) is 5.92.